The molecular weight excluding hydrogens is 342 g/mol. The lowest BCUT2D eigenvalue weighted by molar-refractivity contribution is 0.414. The van der Waals surface area contributed by atoms with Crippen molar-refractivity contribution in [3.8, 4) is 11.6 Å². The molecular formula is C21H19N3O3. The number of aromatic hydroxyl groups is 1. The Kier molecular flexibility index (Phi) is 3.25. The molecule has 136 valence electrons. The zero-order chi connectivity index (χ0) is 18.7. The number of methoxy groups -OCH3 is 1. The van der Waals surface area contributed by atoms with Gasteiger partial charge in [-0.2, -0.15) is 0 Å². The smallest absolute Gasteiger partial charge is 0.331 e. The Morgan fingerprint density at radius 3 is 2.63 bits per heavy atom. The van der Waals surface area contributed by atoms with Crippen LogP contribution in [-0.4, -0.2) is 26.3 Å². The van der Waals surface area contributed by atoms with Crippen LogP contribution in [0.5, 0.6) is 11.6 Å². The van der Waals surface area contributed by atoms with E-state index in [0.717, 1.165) is 33.5 Å². The molecule has 0 saturated heterocycles. The fourth-order valence-corrected chi connectivity index (χ4v) is 4.14. The van der Waals surface area contributed by atoms with E-state index in [2.05, 4.69) is 11.1 Å². The molecule has 1 aliphatic heterocycles. The van der Waals surface area contributed by atoms with Crippen molar-refractivity contribution in [1.82, 2.24) is 14.1 Å². The molecule has 0 unspecified atom stereocenters. The maximum atomic E-state index is 12.9. The number of hydrogen-bond acceptors (Lipinski definition) is 3. The molecule has 0 aliphatic carbocycles. The Hall–Kier alpha value is -3.41. The van der Waals surface area contributed by atoms with E-state index in [1.54, 1.807) is 18.7 Å². The lowest BCUT2D eigenvalue weighted by Gasteiger charge is -2.26. The van der Waals surface area contributed by atoms with E-state index < -0.39 is 0 Å². The largest absolute Gasteiger partial charge is 0.497 e. The highest BCUT2D eigenvalue weighted by Gasteiger charge is 2.34. The number of aromatic amines is 1. The predicted octanol–water partition coefficient (Wildman–Crippen LogP) is 2.92. The van der Waals surface area contributed by atoms with Crippen LogP contribution in [0.4, 0.5) is 0 Å². The van der Waals surface area contributed by atoms with Gasteiger partial charge in [0.15, 0.2) is 0 Å². The molecule has 1 aliphatic rings. The van der Waals surface area contributed by atoms with Gasteiger partial charge in [-0.05, 0) is 29.3 Å². The summed E-state index contributed by atoms with van der Waals surface area (Å²) in [6.07, 6.45) is 0.508. The number of aromatic nitrogens is 3. The van der Waals surface area contributed by atoms with Crippen molar-refractivity contribution in [1.29, 1.82) is 0 Å². The molecule has 5 rings (SSSR count). The minimum absolute atomic E-state index is 0.0226. The number of para-hydroxylation sites is 1. The van der Waals surface area contributed by atoms with Gasteiger partial charge in [-0.1, -0.05) is 30.3 Å². The normalized spacial score (nSPS) is 15.6. The van der Waals surface area contributed by atoms with Crippen molar-refractivity contribution < 1.29 is 9.84 Å². The molecule has 3 heterocycles. The number of benzene rings is 2. The van der Waals surface area contributed by atoms with E-state index in [9.17, 15) is 9.90 Å². The molecule has 0 fully saturated rings. The highest BCUT2D eigenvalue weighted by molar-refractivity contribution is 5.86. The van der Waals surface area contributed by atoms with Crippen molar-refractivity contribution in [2.24, 2.45) is 7.05 Å². The van der Waals surface area contributed by atoms with Gasteiger partial charge in [-0.15, -0.1) is 0 Å². The Balaban J connectivity index is 1.83. The number of hydrogen-bond donors (Lipinski definition) is 2. The summed E-state index contributed by atoms with van der Waals surface area (Å²) in [5, 5.41) is 11.7. The zero-order valence-electron chi connectivity index (χ0n) is 15.1. The summed E-state index contributed by atoms with van der Waals surface area (Å²) in [5.41, 5.74) is 4.50. The van der Waals surface area contributed by atoms with E-state index in [-0.39, 0.29) is 17.6 Å². The van der Waals surface area contributed by atoms with Crippen LogP contribution in [0.15, 0.2) is 53.3 Å². The fraction of sp³-hybridized carbons (Fsp3) is 0.190. The predicted molar refractivity (Wildman–Crippen MR) is 103 cm³/mol. The highest BCUT2D eigenvalue weighted by atomic mass is 16.5. The first-order valence-corrected chi connectivity index (χ1v) is 8.82. The van der Waals surface area contributed by atoms with Crippen LogP contribution in [0.3, 0.4) is 0 Å². The van der Waals surface area contributed by atoms with Crippen LogP contribution in [-0.2, 0) is 13.5 Å². The van der Waals surface area contributed by atoms with Crippen molar-refractivity contribution >= 4 is 10.9 Å². The first-order chi connectivity index (χ1) is 13.1. The average Bonchev–Trinajstić information content (AvgIpc) is 3.18. The number of nitrogens with zero attached hydrogens (tertiary/aromatic N) is 2. The summed E-state index contributed by atoms with van der Waals surface area (Å²) in [7, 11) is 3.23. The minimum atomic E-state index is -0.332. The number of imidazole rings is 1. The van der Waals surface area contributed by atoms with Crippen molar-refractivity contribution in [2.75, 3.05) is 7.11 Å². The Morgan fingerprint density at radius 2 is 1.89 bits per heavy atom. The quantitative estimate of drug-likeness (QED) is 0.508. The number of rotatable bonds is 2. The second-order valence-electron chi connectivity index (χ2n) is 6.90. The van der Waals surface area contributed by atoms with E-state index in [0.29, 0.717) is 12.1 Å². The van der Waals surface area contributed by atoms with Gasteiger partial charge in [0.05, 0.1) is 12.8 Å². The minimum Gasteiger partial charge on any atom is -0.497 e. The lowest BCUT2D eigenvalue weighted by Crippen LogP contribution is -2.31. The monoisotopic (exact) mass is 361 g/mol. The van der Waals surface area contributed by atoms with Gasteiger partial charge in [0, 0.05) is 30.1 Å². The summed E-state index contributed by atoms with van der Waals surface area (Å²) in [4.78, 5) is 16.4. The van der Waals surface area contributed by atoms with E-state index in [4.69, 9.17) is 4.74 Å². The standard InChI is InChI=1S/C21H19N3O3/c1-23-20(25)17-11-15-14-5-3-4-6-16(14)22-18(15)19(24(17)21(23)26)12-7-9-13(27-2)10-8-12/h3-10,19,22,25H,11H2,1-2H3/t19-/m0/s1. The summed E-state index contributed by atoms with van der Waals surface area (Å²) < 4.78 is 8.26. The second-order valence-corrected chi connectivity index (χ2v) is 6.90. The van der Waals surface area contributed by atoms with Gasteiger partial charge in [-0.3, -0.25) is 9.13 Å². The molecule has 6 heteroatoms. The maximum absolute atomic E-state index is 12.9. The van der Waals surface area contributed by atoms with Crippen LogP contribution in [0.2, 0.25) is 0 Å². The molecule has 27 heavy (non-hydrogen) atoms. The highest BCUT2D eigenvalue weighted by Crippen LogP contribution is 2.40. The fourth-order valence-electron chi connectivity index (χ4n) is 4.14. The van der Waals surface area contributed by atoms with Gasteiger partial charge in [0.1, 0.15) is 11.8 Å². The van der Waals surface area contributed by atoms with Crippen molar-refractivity contribution in [3.63, 3.8) is 0 Å². The van der Waals surface area contributed by atoms with Gasteiger partial charge < -0.3 is 14.8 Å². The second kappa shape index (κ2) is 5.54. The van der Waals surface area contributed by atoms with E-state index in [1.165, 1.54) is 4.57 Å². The molecule has 4 aromatic rings. The van der Waals surface area contributed by atoms with E-state index in [1.807, 2.05) is 42.5 Å². The number of nitrogens with one attached hydrogen (secondary N) is 1. The molecule has 2 N–H and O–H groups in total. The average molecular weight is 361 g/mol. The van der Waals surface area contributed by atoms with Crippen LogP contribution in [0.1, 0.15) is 28.6 Å². The summed E-state index contributed by atoms with van der Waals surface area (Å²) in [6.45, 7) is 0. The Labute approximate surface area is 155 Å². The summed E-state index contributed by atoms with van der Waals surface area (Å²) >= 11 is 0. The lowest BCUT2D eigenvalue weighted by atomic mass is 9.93. The van der Waals surface area contributed by atoms with Crippen molar-refractivity contribution in [2.45, 2.75) is 12.5 Å². The first kappa shape index (κ1) is 15.8. The summed E-state index contributed by atoms with van der Waals surface area (Å²) in [5.74, 6) is 0.782. The first-order valence-electron chi connectivity index (χ1n) is 8.82. The Morgan fingerprint density at radius 1 is 1.15 bits per heavy atom. The van der Waals surface area contributed by atoms with Gasteiger partial charge in [0.2, 0.25) is 5.88 Å². The van der Waals surface area contributed by atoms with Crippen LogP contribution >= 0.6 is 0 Å². The number of H-pyrrole nitrogens is 1. The third kappa shape index (κ3) is 2.10. The SMILES string of the molecule is COc1ccc([C@H]2c3[nH]c4ccccc4c3Cc3c(O)n(C)c(=O)n32)cc1. The van der Waals surface area contributed by atoms with Gasteiger partial charge in [0.25, 0.3) is 0 Å². The third-order valence-corrected chi connectivity index (χ3v) is 5.51. The summed E-state index contributed by atoms with van der Waals surface area (Å²) in [6, 6.07) is 15.5. The van der Waals surface area contributed by atoms with Gasteiger partial charge in [-0.25, -0.2) is 4.79 Å². The molecule has 0 saturated carbocycles. The van der Waals surface area contributed by atoms with Crippen LogP contribution < -0.4 is 10.4 Å². The van der Waals surface area contributed by atoms with Gasteiger partial charge >= 0.3 is 5.69 Å². The number of ether oxygens (including phenoxy) is 1. The van der Waals surface area contributed by atoms with Crippen LogP contribution in [0.25, 0.3) is 10.9 Å². The molecule has 2 aromatic carbocycles. The number of fused-ring (bicyclic) bond motifs is 4. The molecule has 0 bridgehead atoms. The molecule has 0 amide bonds. The topological polar surface area (TPSA) is 72.2 Å². The molecule has 6 nitrogen and oxygen atoms in total. The molecule has 2 aromatic heterocycles. The van der Waals surface area contributed by atoms with Crippen molar-refractivity contribution in [3.05, 3.63) is 81.5 Å². The third-order valence-electron chi connectivity index (χ3n) is 5.51. The molecule has 0 spiro atoms. The van der Waals surface area contributed by atoms with Crippen LogP contribution in [0, 0.1) is 0 Å². The molecule has 0 radical (unpaired) electrons. The Bertz CT molecular complexity index is 1230. The zero-order valence-corrected chi connectivity index (χ0v) is 15.1. The maximum Gasteiger partial charge on any atom is 0.331 e. The van der Waals surface area contributed by atoms with E-state index >= 15 is 0 Å². The molecule has 1 atom stereocenters.